The van der Waals surface area contributed by atoms with E-state index in [9.17, 15) is 19.2 Å². The zero-order valence-corrected chi connectivity index (χ0v) is 15.9. The average molecular weight is 378 g/mol. The van der Waals surface area contributed by atoms with Gasteiger partial charge in [0.15, 0.2) is 0 Å². The highest BCUT2D eigenvalue weighted by Crippen LogP contribution is 2.24. The molecule has 0 N–H and O–H groups in total. The molecule has 1 heterocycles. The smallest absolute Gasteiger partial charge is 0.253 e. The third-order valence-corrected chi connectivity index (χ3v) is 4.89. The normalized spacial score (nSPS) is 19.6. The minimum absolute atomic E-state index is 0.173. The summed E-state index contributed by atoms with van der Waals surface area (Å²) in [6, 6.07) is 16.2. The largest absolute Gasteiger partial charge is 0.275 e. The van der Waals surface area contributed by atoms with Crippen LogP contribution in [0, 0.1) is 0 Å². The van der Waals surface area contributed by atoms with Crippen LogP contribution in [0.4, 0.5) is 0 Å². The van der Waals surface area contributed by atoms with Crippen molar-refractivity contribution in [2.75, 3.05) is 0 Å². The molecule has 4 amide bonds. The van der Waals surface area contributed by atoms with Crippen LogP contribution < -0.4 is 0 Å². The second-order valence-corrected chi connectivity index (χ2v) is 6.87. The number of benzene rings is 2. The molecule has 1 saturated heterocycles. The Hall–Kier alpha value is -3.28. The van der Waals surface area contributed by atoms with Crippen LogP contribution in [0.2, 0.25) is 0 Å². The van der Waals surface area contributed by atoms with Crippen LogP contribution in [-0.4, -0.2) is 45.5 Å². The van der Waals surface area contributed by atoms with Gasteiger partial charge in [0.25, 0.3) is 11.8 Å². The molecule has 0 aromatic heterocycles. The lowest BCUT2D eigenvalue weighted by Crippen LogP contribution is -2.67. The Labute approximate surface area is 163 Å². The number of nitrogens with zero attached hydrogens (tertiary/aromatic N) is 2. The first-order valence-electron chi connectivity index (χ1n) is 9.15. The van der Waals surface area contributed by atoms with E-state index in [2.05, 4.69) is 0 Å². The van der Waals surface area contributed by atoms with E-state index in [4.69, 9.17) is 0 Å². The van der Waals surface area contributed by atoms with E-state index < -0.39 is 35.7 Å². The molecule has 144 valence electrons. The lowest BCUT2D eigenvalue weighted by atomic mass is 9.94. The van der Waals surface area contributed by atoms with Gasteiger partial charge >= 0.3 is 0 Å². The summed E-state index contributed by atoms with van der Waals surface area (Å²) in [5.74, 6) is -2.04. The summed E-state index contributed by atoms with van der Waals surface area (Å²) >= 11 is 0. The molecule has 0 spiro atoms. The van der Waals surface area contributed by atoms with Gasteiger partial charge in [0, 0.05) is 26.7 Å². The topological polar surface area (TPSA) is 74.8 Å². The maximum absolute atomic E-state index is 13.2. The number of imide groups is 2. The van der Waals surface area contributed by atoms with Gasteiger partial charge in [-0.1, -0.05) is 60.7 Å². The van der Waals surface area contributed by atoms with E-state index in [1.807, 2.05) is 60.7 Å². The Balaban J connectivity index is 1.98. The van der Waals surface area contributed by atoms with Gasteiger partial charge in [-0.05, 0) is 11.1 Å². The van der Waals surface area contributed by atoms with Crippen LogP contribution in [0.25, 0.3) is 0 Å². The van der Waals surface area contributed by atoms with E-state index in [0.29, 0.717) is 0 Å². The van der Waals surface area contributed by atoms with Crippen molar-refractivity contribution >= 4 is 23.6 Å². The Morgan fingerprint density at radius 2 is 1.00 bits per heavy atom. The fourth-order valence-corrected chi connectivity index (χ4v) is 3.63. The fourth-order valence-electron chi connectivity index (χ4n) is 3.63. The lowest BCUT2D eigenvalue weighted by molar-refractivity contribution is -0.171. The van der Waals surface area contributed by atoms with Crippen LogP contribution in [0.5, 0.6) is 0 Å². The first kappa shape index (κ1) is 19.5. The first-order chi connectivity index (χ1) is 13.4. The predicted molar refractivity (Wildman–Crippen MR) is 103 cm³/mol. The van der Waals surface area contributed by atoms with E-state index in [0.717, 1.165) is 20.9 Å². The molecule has 2 aromatic carbocycles. The second kappa shape index (κ2) is 8.17. The number of piperazine rings is 1. The van der Waals surface area contributed by atoms with Crippen molar-refractivity contribution in [2.24, 2.45) is 0 Å². The van der Waals surface area contributed by atoms with Crippen LogP contribution in [0.15, 0.2) is 60.7 Å². The van der Waals surface area contributed by atoms with Gasteiger partial charge in [0.1, 0.15) is 12.1 Å². The molecule has 28 heavy (non-hydrogen) atoms. The van der Waals surface area contributed by atoms with Crippen molar-refractivity contribution in [1.29, 1.82) is 0 Å². The van der Waals surface area contributed by atoms with Crippen molar-refractivity contribution in [1.82, 2.24) is 9.80 Å². The third-order valence-electron chi connectivity index (χ3n) is 4.89. The van der Waals surface area contributed by atoms with Crippen LogP contribution in [0.1, 0.15) is 25.0 Å². The van der Waals surface area contributed by atoms with E-state index in [1.165, 1.54) is 13.8 Å². The van der Waals surface area contributed by atoms with E-state index >= 15 is 0 Å². The van der Waals surface area contributed by atoms with Crippen molar-refractivity contribution < 1.29 is 19.2 Å². The van der Waals surface area contributed by atoms with Crippen molar-refractivity contribution in [3.05, 3.63) is 71.8 Å². The highest BCUT2D eigenvalue weighted by atomic mass is 16.2. The van der Waals surface area contributed by atoms with Gasteiger partial charge in [-0.15, -0.1) is 0 Å². The standard InChI is InChI=1S/C22H22N2O4/c1-15(25)23-19(13-17-9-5-3-6-10-17)22(28)24(16(2)26)20(21(23)27)14-18-11-7-4-8-12-18/h3-12,19-20H,13-14H2,1-2H3/t19-,20-/m1/s1. The van der Waals surface area contributed by atoms with Crippen molar-refractivity contribution in [3.8, 4) is 0 Å². The molecular weight excluding hydrogens is 356 g/mol. The summed E-state index contributed by atoms with van der Waals surface area (Å²) in [5, 5.41) is 0. The molecule has 0 bridgehead atoms. The predicted octanol–water partition coefficient (Wildman–Crippen LogP) is 1.97. The summed E-state index contributed by atoms with van der Waals surface area (Å²) in [5.41, 5.74) is 1.62. The molecule has 1 fully saturated rings. The highest BCUT2D eigenvalue weighted by molar-refractivity contribution is 6.11. The molecule has 2 aromatic rings. The number of carbonyl (C=O) groups excluding carboxylic acids is 4. The molecule has 1 aliphatic heterocycles. The summed E-state index contributed by atoms with van der Waals surface area (Å²) in [6.45, 7) is 2.54. The van der Waals surface area contributed by atoms with Crippen LogP contribution in [0.3, 0.4) is 0 Å². The molecule has 0 radical (unpaired) electrons. The number of amides is 4. The molecule has 1 aliphatic rings. The molecule has 6 heteroatoms. The van der Waals surface area contributed by atoms with Gasteiger partial charge in [0.2, 0.25) is 11.8 Å². The lowest BCUT2D eigenvalue weighted by Gasteiger charge is -2.42. The van der Waals surface area contributed by atoms with Gasteiger partial charge in [-0.25, -0.2) is 0 Å². The average Bonchev–Trinajstić information content (AvgIpc) is 2.67. The summed E-state index contributed by atoms with van der Waals surface area (Å²) in [7, 11) is 0. The molecule has 0 aliphatic carbocycles. The van der Waals surface area contributed by atoms with Crippen molar-refractivity contribution in [3.63, 3.8) is 0 Å². The van der Waals surface area contributed by atoms with Gasteiger partial charge < -0.3 is 0 Å². The number of rotatable bonds is 4. The number of hydrogen-bond acceptors (Lipinski definition) is 4. The third kappa shape index (κ3) is 3.86. The highest BCUT2D eigenvalue weighted by Gasteiger charge is 2.49. The minimum Gasteiger partial charge on any atom is -0.275 e. The second-order valence-electron chi connectivity index (χ2n) is 6.87. The zero-order chi connectivity index (χ0) is 20.3. The first-order valence-corrected chi connectivity index (χ1v) is 9.15. The SMILES string of the molecule is CC(=O)N1C(=O)[C@@H](Cc2ccccc2)N(C(C)=O)C(=O)[C@H]1Cc1ccccc1. The summed E-state index contributed by atoms with van der Waals surface area (Å²) in [6.07, 6.45) is 0.347. The Kier molecular flexibility index (Phi) is 5.68. The van der Waals surface area contributed by atoms with Crippen molar-refractivity contribution in [2.45, 2.75) is 38.8 Å². The maximum Gasteiger partial charge on any atom is 0.253 e. The monoisotopic (exact) mass is 378 g/mol. The summed E-state index contributed by atoms with van der Waals surface area (Å²) in [4.78, 5) is 53.0. The van der Waals surface area contributed by atoms with Gasteiger partial charge in [0.05, 0.1) is 0 Å². The van der Waals surface area contributed by atoms with Crippen LogP contribution in [-0.2, 0) is 32.0 Å². The minimum atomic E-state index is -1.02. The Bertz CT molecular complexity index is 820. The maximum atomic E-state index is 13.2. The molecule has 6 nitrogen and oxygen atoms in total. The summed E-state index contributed by atoms with van der Waals surface area (Å²) < 4.78 is 0. The molecule has 2 atom stereocenters. The zero-order valence-electron chi connectivity index (χ0n) is 15.9. The Morgan fingerprint density at radius 3 is 1.29 bits per heavy atom. The molecule has 0 unspecified atom stereocenters. The molecule has 0 saturated carbocycles. The van der Waals surface area contributed by atoms with E-state index in [1.54, 1.807) is 0 Å². The number of carbonyl (C=O) groups is 4. The number of hydrogen-bond donors (Lipinski definition) is 0. The van der Waals surface area contributed by atoms with Crippen LogP contribution >= 0.6 is 0 Å². The van der Waals surface area contributed by atoms with E-state index in [-0.39, 0.29) is 12.8 Å². The Morgan fingerprint density at radius 1 is 0.679 bits per heavy atom. The van der Waals surface area contributed by atoms with Gasteiger partial charge in [-0.2, -0.15) is 0 Å². The fraction of sp³-hybridized carbons (Fsp3) is 0.273. The van der Waals surface area contributed by atoms with Gasteiger partial charge in [-0.3, -0.25) is 29.0 Å². The molecule has 3 rings (SSSR count). The molecular formula is C22H22N2O4. The quantitative estimate of drug-likeness (QED) is 0.815.